The molecular formula is C16H19NO2SSi. The normalized spacial score (nSPS) is 16.8. The average Bonchev–Trinajstić information content (AvgIpc) is 2.73. The summed E-state index contributed by atoms with van der Waals surface area (Å²) in [5.74, 6) is 0. The molecular weight excluding hydrogens is 298 g/mol. The Morgan fingerprint density at radius 2 is 1.62 bits per heavy atom. The van der Waals surface area contributed by atoms with E-state index in [9.17, 15) is 8.42 Å². The molecule has 3 rings (SSSR count). The number of benzene rings is 2. The van der Waals surface area contributed by atoms with Crippen LogP contribution in [0.1, 0.15) is 5.56 Å². The van der Waals surface area contributed by atoms with Gasteiger partial charge in [-0.25, -0.2) is 8.42 Å². The number of hydrogen-bond donors (Lipinski definition) is 0. The fourth-order valence-electron chi connectivity index (χ4n) is 2.84. The Kier molecular flexibility index (Phi) is 3.22. The predicted octanol–water partition coefficient (Wildman–Crippen LogP) is 2.66. The van der Waals surface area contributed by atoms with Gasteiger partial charge in [-0.1, -0.05) is 49.0 Å². The molecule has 2 aromatic rings. The highest BCUT2D eigenvalue weighted by Gasteiger charge is 2.42. The lowest BCUT2D eigenvalue weighted by molar-refractivity contribution is 0.594. The second kappa shape index (κ2) is 4.71. The Morgan fingerprint density at radius 3 is 2.29 bits per heavy atom. The molecule has 0 bridgehead atoms. The molecule has 0 fully saturated rings. The molecule has 0 atom stereocenters. The second-order valence-electron chi connectivity index (χ2n) is 6.23. The van der Waals surface area contributed by atoms with Crippen LogP contribution >= 0.6 is 0 Å². The van der Waals surface area contributed by atoms with Crippen LogP contribution in [-0.2, 0) is 10.0 Å². The molecule has 0 saturated heterocycles. The van der Waals surface area contributed by atoms with E-state index in [-0.39, 0.29) is 0 Å². The Hall–Kier alpha value is -1.59. The minimum atomic E-state index is -3.47. The zero-order chi connectivity index (χ0) is 15.3. The highest BCUT2D eigenvalue weighted by molar-refractivity contribution is 7.93. The van der Waals surface area contributed by atoms with Gasteiger partial charge in [-0.2, -0.15) is 0 Å². The smallest absolute Gasteiger partial charge is 0.264 e. The van der Waals surface area contributed by atoms with Gasteiger partial charge in [-0.3, -0.25) is 4.31 Å². The fourth-order valence-corrected chi connectivity index (χ4v) is 8.24. The summed E-state index contributed by atoms with van der Waals surface area (Å²) in [6, 6.07) is 15.0. The first-order chi connectivity index (χ1) is 9.82. The summed E-state index contributed by atoms with van der Waals surface area (Å²) in [5, 5.41) is 1.22. The van der Waals surface area contributed by atoms with E-state index in [2.05, 4.69) is 19.2 Å². The van der Waals surface area contributed by atoms with Crippen molar-refractivity contribution in [1.29, 1.82) is 0 Å². The molecule has 5 heteroatoms. The quantitative estimate of drug-likeness (QED) is 0.799. The van der Waals surface area contributed by atoms with Gasteiger partial charge < -0.3 is 0 Å². The van der Waals surface area contributed by atoms with Gasteiger partial charge in [0.1, 0.15) is 8.07 Å². The fraction of sp³-hybridized carbons (Fsp3) is 0.250. The van der Waals surface area contributed by atoms with Crippen LogP contribution in [0, 0.1) is 6.92 Å². The van der Waals surface area contributed by atoms with E-state index in [1.807, 2.05) is 37.3 Å². The molecule has 0 aliphatic carbocycles. The Bertz CT molecular complexity index is 782. The van der Waals surface area contributed by atoms with Crippen molar-refractivity contribution in [3.05, 3.63) is 54.1 Å². The molecule has 2 aromatic carbocycles. The van der Waals surface area contributed by atoms with E-state index in [0.29, 0.717) is 11.1 Å². The van der Waals surface area contributed by atoms with Gasteiger partial charge in [0, 0.05) is 6.17 Å². The van der Waals surface area contributed by atoms with Crippen LogP contribution in [0.2, 0.25) is 13.1 Å². The van der Waals surface area contributed by atoms with Gasteiger partial charge >= 0.3 is 0 Å². The van der Waals surface area contributed by atoms with Gasteiger partial charge in [0.2, 0.25) is 0 Å². The SMILES string of the molecule is Cc1ccc(S(=O)(=O)N2C[Si](C)(C)c3ccccc32)cc1. The van der Waals surface area contributed by atoms with Crippen molar-refractivity contribution in [1.82, 2.24) is 0 Å². The number of para-hydroxylation sites is 1. The lowest BCUT2D eigenvalue weighted by Crippen LogP contribution is -2.44. The summed E-state index contributed by atoms with van der Waals surface area (Å²) in [5.41, 5.74) is 1.92. The lowest BCUT2D eigenvalue weighted by Gasteiger charge is -2.21. The molecule has 0 radical (unpaired) electrons. The monoisotopic (exact) mass is 317 g/mol. The van der Waals surface area contributed by atoms with Gasteiger partial charge in [0.15, 0.2) is 0 Å². The van der Waals surface area contributed by atoms with E-state index in [0.717, 1.165) is 11.3 Å². The van der Waals surface area contributed by atoms with Gasteiger partial charge in [-0.05, 0) is 30.3 Å². The first-order valence-electron chi connectivity index (χ1n) is 7.01. The molecule has 0 unspecified atom stereocenters. The van der Waals surface area contributed by atoms with Crippen LogP contribution in [0.3, 0.4) is 0 Å². The molecule has 0 spiro atoms. The van der Waals surface area contributed by atoms with Crippen molar-refractivity contribution in [3.8, 4) is 0 Å². The zero-order valence-corrected chi connectivity index (χ0v) is 14.3. The van der Waals surface area contributed by atoms with Crippen LogP contribution in [0.4, 0.5) is 5.69 Å². The molecule has 1 heterocycles. The lowest BCUT2D eigenvalue weighted by atomic mass is 10.2. The number of aryl methyl sites for hydroxylation is 1. The number of anilines is 1. The van der Waals surface area contributed by atoms with Crippen molar-refractivity contribution >= 4 is 29.0 Å². The summed E-state index contributed by atoms with van der Waals surface area (Å²) >= 11 is 0. The maximum atomic E-state index is 12.9. The second-order valence-corrected chi connectivity index (χ2v) is 12.7. The van der Waals surface area contributed by atoms with Crippen LogP contribution in [-0.4, -0.2) is 22.7 Å². The molecule has 0 saturated carbocycles. The van der Waals surface area contributed by atoms with Crippen LogP contribution in [0.15, 0.2) is 53.4 Å². The van der Waals surface area contributed by atoms with E-state index in [4.69, 9.17) is 0 Å². The highest BCUT2D eigenvalue weighted by Crippen LogP contribution is 2.31. The summed E-state index contributed by atoms with van der Waals surface area (Å²) in [7, 11) is -5.20. The number of fused-ring (bicyclic) bond motifs is 1. The summed E-state index contributed by atoms with van der Waals surface area (Å²) in [6.45, 7) is 6.39. The van der Waals surface area contributed by atoms with Gasteiger partial charge in [-0.15, -0.1) is 0 Å². The molecule has 110 valence electrons. The van der Waals surface area contributed by atoms with Gasteiger partial charge in [0.25, 0.3) is 10.0 Å². The molecule has 0 aromatic heterocycles. The topological polar surface area (TPSA) is 37.4 Å². The first-order valence-corrected chi connectivity index (χ1v) is 11.7. The van der Waals surface area contributed by atoms with E-state index >= 15 is 0 Å². The molecule has 0 N–H and O–H groups in total. The molecule has 1 aliphatic rings. The molecule has 0 amide bonds. The van der Waals surface area contributed by atoms with Crippen LogP contribution < -0.4 is 9.49 Å². The molecule has 1 aliphatic heterocycles. The number of sulfonamides is 1. The van der Waals surface area contributed by atoms with Crippen molar-refractivity contribution in [2.45, 2.75) is 24.9 Å². The van der Waals surface area contributed by atoms with Gasteiger partial charge in [0.05, 0.1) is 10.6 Å². The molecule has 3 nitrogen and oxygen atoms in total. The minimum Gasteiger partial charge on any atom is -0.269 e. The van der Waals surface area contributed by atoms with Crippen LogP contribution in [0.25, 0.3) is 0 Å². The summed E-state index contributed by atoms with van der Waals surface area (Å²) < 4.78 is 27.5. The third kappa shape index (κ3) is 2.30. The minimum absolute atomic E-state index is 0.370. The number of hydrogen-bond acceptors (Lipinski definition) is 2. The van der Waals surface area contributed by atoms with E-state index < -0.39 is 18.1 Å². The largest absolute Gasteiger partial charge is 0.269 e. The third-order valence-electron chi connectivity index (χ3n) is 4.05. The Morgan fingerprint density at radius 1 is 1.00 bits per heavy atom. The third-order valence-corrected chi connectivity index (χ3v) is 9.04. The molecule has 21 heavy (non-hydrogen) atoms. The highest BCUT2D eigenvalue weighted by atomic mass is 32.2. The summed E-state index contributed by atoms with van der Waals surface area (Å²) in [4.78, 5) is 0.370. The standard InChI is InChI=1S/C16H19NO2SSi/c1-13-8-10-14(11-9-13)20(18,19)17-12-21(2,3)16-7-5-4-6-15(16)17/h4-11H,12H2,1-3H3. The maximum absolute atomic E-state index is 12.9. The Balaban J connectivity index is 2.11. The zero-order valence-electron chi connectivity index (χ0n) is 12.5. The first kappa shape index (κ1) is 14.3. The average molecular weight is 317 g/mol. The van der Waals surface area contributed by atoms with Crippen LogP contribution in [0.5, 0.6) is 0 Å². The van der Waals surface area contributed by atoms with E-state index in [1.165, 1.54) is 5.19 Å². The Labute approximate surface area is 127 Å². The predicted molar refractivity (Wildman–Crippen MR) is 89.3 cm³/mol. The van der Waals surface area contributed by atoms with E-state index in [1.54, 1.807) is 16.4 Å². The van der Waals surface area contributed by atoms with Crippen molar-refractivity contribution in [2.24, 2.45) is 0 Å². The maximum Gasteiger partial charge on any atom is 0.264 e. The van der Waals surface area contributed by atoms with Crippen molar-refractivity contribution in [2.75, 3.05) is 10.5 Å². The van der Waals surface area contributed by atoms with Crippen molar-refractivity contribution < 1.29 is 8.42 Å². The van der Waals surface area contributed by atoms with Crippen molar-refractivity contribution in [3.63, 3.8) is 0 Å². The summed E-state index contributed by atoms with van der Waals surface area (Å²) in [6.07, 6.45) is 0.614. The number of rotatable bonds is 2. The number of nitrogens with zero attached hydrogens (tertiary/aromatic N) is 1.